The number of ether oxygens (including phenoxy) is 2. The Balaban J connectivity index is 1.76. The zero-order valence-electron chi connectivity index (χ0n) is 22.5. The van der Waals surface area contributed by atoms with Crippen molar-refractivity contribution in [2.75, 3.05) is 30.3 Å². The lowest BCUT2D eigenvalue weighted by Crippen LogP contribution is -2.52. The third-order valence-electron chi connectivity index (χ3n) is 5.93. The maximum absolute atomic E-state index is 13.4. The highest BCUT2D eigenvalue weighted by Crippen LogP contribution is 2.34. The van der Waals surface area contributed by atoms with E-state index in [9.17, 15) is 18.0 Å². The van der Waals surface area contributed by atoms with Gasteiger partial charge in [0, 0.05) is 36.1 Å². The van der Waals surface area contributed by atoms with Crippen molar-refractivity contribution in [3.8, 4) is 11.5 Å². The summed E-state index contributed by atoms with van der Waals surface area (Å²) in [5, 5.41) is 3.42. The molecule has 2 amide bonds. The van der Waals surface area contributed by atoms with Crippen LogP contribution in [0.4, 0.5) is 5.69 Å². The summed E-state index contributed by atoms with van der Waals surface area (Å²) in [4.78, 5) is 27.9. The summed E-state index contributed by atoms with van der Waals surface area (Å²) in [6, 6.07) is 11.3. The second kappa shape index (κ2) is 12.3. The van der Waals surface area contributed by atoms with Gasteiger partial charge in [-0.2, -0.15) is 0 Å². The lowest BCUT2D eigenvalue weighted by atomic mass is 10.1. The summed E-state index contributed by atoms with van der Waals surface area (Å²) in [5.41, 5.74) is 0.673. The van der Waals surface area contributed by atoms with Crippen molar-refractivity contribution in [2.45, 2.75) is 58.7 Å². The van der Waals surface area contributed by atoms with E-state index >= 15 is 0 Å². The molecule has 11 heteroatoms. The number of nitrogens with one attached hydrogen (secondary N) is 1. The molecule has 0 saturated heterocycles. The first-order valence-corrected chi connectivity index (χ1v) is 14.7. The topological polar surface area (TPSA) is 105 Å². The Kier molecular flexibility index (Phi) is 9.54. The van der Waals surface area contributed by atoms with E-state index in [0.717, 1.165) is 6.26 Å². The van der Waals surface area contributed by atoms with E-state index in [1.54, 1.807) is 37.3 Å². The standard InChI is InChI=1S/C27H36ClN3O6S/c1-19(26(33)29-27(2,3)4)30(18-20-9-6-7-10-22(20)28)25(32)11-8-14-31(38(5,34)35)21-12-13-23-24(17-21)37-16-15-36-23/h6-7,9-10,12-13,17,19H,8,11,14-16,18H2,1-5H3,(H,29,33)/t19-/m1/s1. The van der Waals surface area contributed by atoms with E-state index in [0.29, 0.717) is 41.0 Å². The summed E-state index contributed by atoms with van der Waals surface area (Å²) >= 11 is 6.35. The molecule has 2 aromatic carbocycles. The fraction of sp³-hybridized carbons (Fsp3) is 0.481. The Morgan fingerprint density at radius 2 is 1.74 bits per heavy atom. The summed E-state index contributed by atoms with van der Waals surface area (Å²) in [6.07, 6.45) is 1.40. The monoisotopic (exact) mass is 565 g/mol. The van der Waals surface area contributed by atoms with Gasteiger partial charge in [-0.3, -0.25) is 13.9 Å². The van der Waals surface area contributed by atoms with Gasteiger partial charge in [0.2, 0.25) is 21.8 Å². The summed E-state index contributed by atoms with van der Waals surface area (Å²) in [7, 11) is -3.64. The average Bonchev–Trinajstić information content (AvgIpc) is 2.83. The predicted molar refractivity (Wildman–Crippen MR) is 148 cm³/mol. The van der Waals surface area contributed by atoms with Gasteiger partial charge in [0.1, 0.15) is 19.3 Å². The lowest BCUT2D eigenvalue weighted by Gasteiger charge is -2.32. The van der Waals surface area contributed by atoms with Gasteiger partial charge < -0.3 is 19.7 Å². The quantitative estimate of drug-likeness (QED) is 0.467. The Labute approximate surface area is 230 Å². The zero-order chi connectivity index (χ0) is 28.1. The van der Waals surface area contributed by atoms with Gasteiger partial charge in [-0.25, -0.2) is 8.42 Å². The molecule has 1 atom stereocenters. The highest BCUT2D eigenvalue weighted by atomic mass is 35.5. The predicted octanol–water partition coefficient (Wildman–Crippen LogP) is 3.99. The maximum atomic E-state index is 13.4. The number of fused-ring (bicyclic) bond motifs is 1. The van der Waals surface area contributed by atoms with Gasteiger partial charge in [-0.15, -0.1) is 0 Å². The van der Waals surface area contributed by atoms with E-state index in [4.69, 9.17) is 21.1 Å². The Morgan fingerprint density at radius 3 is 2.37 bits per heavy atom. The highest BCUT2D eigenvalue weighted by Gasteiger charge is 2.29. The van der Waals surface area contributed by atoms with Gasteiger partial charge >= 0.3 is 0 Å². The molecule has 1 aliphatic rings. The second-order valence-electron chi connectivity index (χ2n) is 10.3. The second-order valence-corrected chi connectivity index (χ2v) is 12.6. The van der Waals surface area contributed by atoms with E-state index in [1.807, 2.05) is 32.9 Å². The number of anilines is 1. The molecule has 9 nitrogen and oxygen atoms in total. The first-order valence-electron chi connectivity index (χ1n) is 12.5. The number of halogens is 1. The molecule has 0 unspecified atom stereocenters. The molecule has 0 aliphatic carbocycles. The molecule has 2 aromatic rings. The molecule has 1 aliphatic heterocycles. The SMILES string of the molecule is C[C@H](C(=O)NC(C)(C)C)N(Cc1ccccc1Cl)C(=O)CCCN(c1ccc2c(c1)OCCO2)S(C)(=O)=O. The third kappa shape index (κ3) is 8.01. The first-order chi connectivity index (χ1) is 17.8. The summed E-state index contributed by atoms with van der Waals surface area (Å²) in [6.45, 7) is 8.32. The number of hydrogen-bond donors (Lipinski definition) is 1. The molecule has 3 rings (SSSR count). The molecule has 208 valence electrons. The van der Waals surface area contributed by atoms with Crippen molar-refractivity contribution in [3.63, 3.8) is 0 Å². The fourth-order valence-corrected chi connectivity index (χ4v) is 5.21. The molecular formula is C27H36ClN3O6S. The van der Waals surface area contributed by atoms with E-state index in [-0.39, 0.29) is 37.7 Å². The van der Waals surface area contributed by atoms with Gasteiger partial charge in [-0.05, 0) is 57.9 Å². The van der Waals surface area contributed by atoms with Crippen LogP contribution in [0.5, 0.6) is 11.5 Å². The Bertz CT molecular complexity index is 1260. The van der Waals surface area contributed by atoms with E-state index in [2.05, 4.69) is 5.32 Å². The van der Waals surface area contributed by atoms with Crippen LogP contribution in [0.1, 0.15) is 46.1 Å². The van der Waals surface area contributed by atoms with Crippen LogP contribution in [0, 0.1) is 0 Å². The average molecular weight is 566 g/mol. The normalized spacial score (nSPS) is 13.9. The number of amides is 2. The number of benzene rings is 2. The van der Waals surface area contributed by atoms with Crippen LogP contribution in [0.25, 0.3) is 0 Å². The van der Waals surface area contributed by atoms with Crippen molar-refractivity contribution in [2.24, 2.45) is 0 Å². The number of carbonyl (C=O) groups is 2. The van der Waals surface area contributed by atoms with Gasteiger partial charge in [0.25, 0.3) is 0 Å². The summed E-state index contributed by atoms with van der Waals surface area (Å²) < 4.78 is 37.6. The minimum absolute atomic E-state index is 0.0359. The highest BCUT2D eigenvalue weighted by molar-refractivity contribution is 7.92. The van der Waals surface area contributed by atoms with Crippen LogP contribution in [-0.4, -0.2) is 62.7 Å². The van der Waals surface area contributed by atoms with Crippen molar-refractivity contribution in [3.05, 3.63) is 53.1 Å². The number of carbonyl (C=O) groups excluding carboxylic acids is 2. The van der Waals surface area contributed by atoms with Crippen LogP contribution >= 0.6 is 11.6 Å². The zero-order valence-corrected chi connectivity index (χ0v) is 24.1. The van der Waals surface area contributed by atoms with Crippen molar-refractivity contribution in [1.29, 1.82) is 0 Å². The maximum Gasteiger partial charge on any atom is 0.242 e. The van der Waals surface area contributed by atoms with Gasteiger partial charge in [0.15, 0.2) is 11.5 Å². The van der Waals surface area contributed by atoms with Crippen molar-refractivity contribution in [1.82, 2.24) is 10.2 Å². The molecule has 38 heavy (non-hydrogen) atoms. The third-order valence-corrected chi connectivity index (χ3v) is 7.49. The number of nitrogens with zero attached hydrogens (tertiary/aromatic N) is 2. The minimum atomic E-state index is -3.64. The number of hydrogen-bond acceptors (Lipinski definition) is 6. The molecule has 0 radical (unpaired) electrons. The van der Waals surface area contributed by atoms with Crippen molar-refractivity contribution < 1.29 is 27.5 Å². The van der Waals surface area contributed by atoms with Crippen LogP contribution in [0.15, 0.2) is 42.5 Å². The molecule has 1 heterocycles. The molecule has 0 aromatic heterocycles. The minimum Gasteiger partial charge on any atom is -0.486 e. The molecule has 0 fully saturated rings. The van der Waals surface area contributed by atoms with Gasteiger partial charge in [-0.1, -0.05) is 29.8 Å². The van der Waals surface area contributed by atoms with Crippen LogP contribution in [0.2, 0.25) is 5.02 Å². The van der Waals surface area contributed by atoms with Crippen LogP contribution < -0.4 is 19.1 Å². The van der Waals surface area contributed by atoms with Crippen molar-refractivity contribution >= 4 is 39.1 Å². The Hall–Kier alpha value is -2.98. The molecule has 0 saturated carbocycles. The first kappa shape index (κ1) is 29.6. The molecule has 1 N–H and O–H groups in total. The smallest absolute Gasteiger partial charge is 0.242 e. The van der Waals surface area contributed by atoms with Crippen LogP contribution in [0.3, 0.4) is 0 Å². The lowest BCUT2D eigenvalue weighted by molar-refractivity contribution is -0.141. The fourth-order valence-electron chi connectivity index (χ4n) is 4.06. The van der Waals surface area contributed by atoms with Crippen LogP contribution in [-0.2, 0) is 26.2 Å². The Morgan fingerprint density at radius 1 is 1.08 bits per heavy atom. The molecule has 0 bridgehead atoms. The molecule has 0 spiro atoms. The number of sulfonamides is 1. The largest absolute Gasteiger partial charge is 0.486 e. The number of rotatable bonds is 10. The van der Waals surface area contributed by atoms with E-state index < -0.39 is 21.6 Å². The van der Waals surface area contributed by atoms with Gasteiger partial charge in [0.05, 0.1) is 11.9 Å². The molecular weight excluding hydrogens is 530 g/mol. The van der Waals surface area contributed by atoms with E-state index in [1.165, 1.54) is 9.21 Å². The summed E-state index contributed by atoms with van der Waals surface area (Å²) in [5.74, 6) is 0.466.